The van der Waals surface area contributed by atoms with Crippen LogP contribution in [-0.2, 0) is 6.18 Å². The van der Waals surface area contributed by atoms with Crippen LogP contribution in [0.1, 0.15) is 16.1 Å². The first kappa shape index (κ1) is 22.6. The van der Waals surface area contributed by atoms with E-state index in [0.717, 1.165) is 36.7 Å². The summed E-state index contributed by atoms with van der Waals surface area (Å²) < 4.78 is 85.1. The molecule has 3 rings (SSSR count). The number of nitrogens with one attached hydrogen (secondary N) is 1. The van der Waals surface area contributed by atoms with Crippen molar-refractivity contribution in [2.45, 2.75) is 12.5 Å². The fourth-order valence-corrected chi connectivity index (χ4v) is 2.31. The van der Waals surface area contributed by atoms with Gasteiger partial charge in [0.2, 0.25) is 6.20 Å². The lowest BCUT2D eigenvalue weighted by atomic mass is 10.2. The molecule has 1 aromatic carbocycles. The van der Waals surface area contributed by atoms with Crippen LogP contribution in [0, 0.1) is 5.21 Å². The van der Waals surface area contributed by atoms with Gasteiger partial charge in [0.1, 0.15) is 22.7 Å². The minimum Gasteiger partial charge on any atom is -0.619 e. The van der Waals surface area contributed by atoms with Gasteiger partial charge in [-0.15, -0.1) is 23.4 Å². The van der Waals surface area contributed by atoms with Crippen LogP contribution in [0.2, 0.25) is 0 Å². The first-order chi connectivity index (χ1) is 14.9. The zero-order valence-electron chi connectivity index (χ0n) is 15.4. The van der Waals surface area contributed by atoms with Gasteiger partial charge in [0.05, 0.1) is 0 Å². The highest BCUT2D eigenvalue weighted by Gasteiger charge is 2.35. The second-order valence-electron chi connectivity index (χ2n) is 5.97. The van der Waals surface area contributed by atoms with E-state index in [1.54, 1.807) is 0 Å². The summed E-state index contributed by atoms with van der Waals surface area (Å²) in [5, 5.41) is 19.8. The molecule has 0 unspecified atom stereocenters. The van der Waals surface area contributed by atoms with E-state index in [4.69, 9.17) is 4.74 Å². The molecule has 8 nitrogen and oxygen atoms in total. The van der Waals surface area contributed by atoms with Crippen molar-refractivity contribution in [2.24, 2.45) is 0 Å². The largest absolute Gasteiger partial charge is 0.619 e. The molecule has 0 atom stereocenters. The van der Waals surface area contributed by atoms with Gasteiger partial charge < -0.3 is 20.0 Å². The minimum absolute atomic E-state index is 0.0301. The molecule has 0 aliphatic carbocycles. The Morgan fingerprint density at radius 3 is 2.25 bits per heavy atom. The first-order valence-corrected chi connectivity index (χ1v) is 8.39. The number of amides is 1. The number of hydrogen-bond donors (Lipinski definition) is 1. The second kappa shape index (κ2) is 8.56. The Hall–Kier alpha value is -4.10. The maximum absolute atomic E-state index is 13.0. The van der Waals surface area contributed by atoms with Crippen molar-refractivity contribution in [3.63, 3.8) is 0 Å². The summed E-state index contributed by atoms with van der Waals surface area (Å²) in [5.41, 5.74) is -2.21. The van der Waals surface area contributed by atoms with Crippen LogP contribution in [0.15, 0.2) is 54.9 Å². The Bertz CT molecular complexity index is 1120. The van der Waals surface area contributed by atoms with Crippen molar-refractivity contribution in [1.29, 1.82) is 0 Å². The van der Waals surface area contributed by atoms with E-state index in [0.29, 0.717) is 10.8 Å². The summed E-state index contributed by atoms with van der Waals surface area (Å²) in [6, 6.07) is 6.78. The SMILES string of the molecule is O=C(Nc1ccc[n+]([O-])c1)c1cc(C(F)(F)F)nnc1Oc1ccc(OC(F)(F)F)cc1. The van der Waals surface area contributed by atoms with Crippen LogP contribution in [0.5, 0.6) is 17.4 Å². The van der Waals surface area contributed by atoms with Gasteiger partial charge >= 0.3 is 12.5 Å². The van der Waals surface area contributed by atoms with Crippen molar-refractivity contribution in [2.75, 3.05) is 5.32 Å². The summed E-state index contributed by atoms with van der Waals surface area (Å²) in [6.45, 7) is 0. The number of alkyl halides is 6. The maximum Gasteiger partial charge on any atom is 0.573 e. The fourth-order valence-electron chi connectivity index (χ4n) is 2.31. The molecule has 1 amide bonds. The number of ether oxygens (including phenoxy) is 2. The van der Waals surface area contributed by atoms with Gasteiger partial charge in [-0.2, -0.15) is 17.9 Å². The van der Waals surface area contributed by atoms with Gasteiger partial charge in [-0.05, 0) is 36.4 Å². The third kappa shape index (κ3) is 5.96. The molecule has 2 heterocycles. The van der Waals surface area contributed by atoms with Gasteiger partial charge in [0.25, 0.3) is 11.8 Å². The summed E-state index contributed by atoms with van der Waals surface area (Å²) in [6.07, 6.45) is -7.78. The lowest BCUT2D eigenvalue weighted by Gasteiger charge is -2.13. The van der Waals surface area contributed by atoms with Gasteiger partial charge in [-0.3, -0.25) is 4.79 Å². The Labute approximate surface area is 174 Å². The minimum atomic E-state index is -4.93. The fraction of sp³-hybridized carbons (Fsp3) is 0.111. The predicted octanol–water partition coefficient (Wildman–Crippen LogP) is 4.07. The summed E-state index contributed by atoms with van der Waals surface area (Å²) in [5.74, 6) is -2.51. The smallest absolute Gasteiger partial charge is 0.573 e. The van der Waals surface area contributed by atoms with Crippen molar-refractivity contribution in [3.05, 3.63) is 71.3 Å². The highest BCUT2D eigenvalue weighted by Crippen LogP contribution is 2.32. The van der Waals surface area contributed by atoms with Gasteiger partial charge in [-0.1, -0.05) is 0 Å². The molecule has 0 saturated heterocycles. The van der Waals surface area contributed by atoms with Crippen molar-refractivity contribution >= 4 is 11.6 Å². The lowest BCUT2D eigenvalue weighted by Crippen LogP contribution is -2.26. The molecule has 0 aliphatic heterocycles. The van der Waals surface area contributed by atoms with Crippen molar-refractivity contribution < 1.29 is 45.3 Å². The summed E-state index contributed by atoms with van der Waals surface area (Å²) in [7, 11) is 0. The number of rotatable bonds is 5. The van der Waals surface area contributed by atoms with E-state index < -0.39 is 41.3 Å². The Morgan fingerprint density at radius 1 is 1.00 bits per heavy atom. The number of nitrogens with zero attached hydrogens (tertiary/aromatic N) is 3. The molecule has 0 fully saturated rings. The molecule has 0 radical (unpaired) electrons. The zero-order valence-corrected chi connectivity index (χ0v) is 15.4. The maximum atomic E-state index is 13.0. The van der Waals surface area contributed by atoms with E-state index in [-0.39, 0.29) is 11.4 Å². The molecule has 14 heteroatoms. The van der Waals surface area contributed by atoms with Gasteiger partial charge in [-0.25, -0.2) is 0 Å². The van der Waals surface area contributed by atoms with Crippen molar-refractivity contribution in [1.82, 2.24) is 10.2 Å². The molecule has 1 N–H and O–H groups in total. The molecule has 2 aromatic heterocycles. The third-order valence-corrected chi connectivity index (χ3v) is 3.60. The van der Waals surface area contributed by atoms with Crippen LogP contribution in [0.3, 0.4) is 0 Å². The predicted molar refractivity (Wildman–Crippen MR) is 93.6 cm³/mol. The first-order valence-electron chi connectivity index (χ1n) is 8.39. The Kier molecular flexibility index (Phi) is 6.04. The molecule has 32 heavy (non-hydrogen) atoms. The number of pyridine rings is 1. The molecule has 0 bridgehead atoms. The number of carbonyl (C=O) groups excluding carboxylic acids is 1. The number of aromatic nitrogens is 3. The molecule has 0 spiro atoms. The van der Waals surface area contributed by atoms with Gasteiger partial charge in [0.15, 0.2) is 11.9 Å². The number of benzene rings is 1. The topological polar surface area (TPSA) is 100 Å². The highest BCUT2D eigenvalue weighted by molar-refractivity contribution is 6.05. The lowest BCUT2D eigenvalue weighted by molar-refractivity contribution is -0.604. The van der Waals surface area contributed by atoms with Crippen molar-refractivity contribution in [3.8, 4) is 17.4 Å². The van der Waals surface area contributed by atoms with Crippen LogP contribution >= 0.6 is 0 Å². The number of hydrogen-bond acceptors (Lipinski definition) is 6. The van der Waals surface area contributed by atoms with Gasteiger partial charge in [0, 0.05) is 6.07 Å². The Morgan fingerprint density at radius 2 is 1.66 bits per heavy atom. The molecule has 0 aliphatic rings. The molecular formula is C18H10F6N4O4. The Balaban J connectivity index is 1.90. The van der Waals surface area contributed by atoms with Crippen LogP contribution in [-0.4, -0.2) is 22.5 Å². The normalized spacial score (nSPS) is 11.7. The summed E-state index contributed by atoms with van der Waals surface area (Å²) in [4.78, 5) is 12.5. The van der Waals surface area contributed by atoms with E-state index in [1.165, 1.54) is 12.1 Å². The molecule has 168 valence electrons. The second-order valence-corrected chi connectivity index (χ2v) is 5.97. The molecule has 0 saturated carbocycles. The summed E-state index contributed by atoms with van der Waals surface area (Å²) >= 11 is 0. The van der Waals surface area contributed by atoms with Crippen LogP contribution in [0.25, 0.3) is 0 Å². The number of anilines is 1. The zero-order chi connectivity index (χ0) is 23.5. The van der Waals surface area contributed by atoms with E-state index >= 15 is 0 Å². The van der Waals surface area contributed by atoms with Crippen LogP contribution in [0.4, 0.5) is 32.0 Å². The number of halogens is 6. The standard InChI is InChI=1S/C18H10F6N4O4/c19-17(20,21)14-8-13(15(29)25-10-2-1-7-28(30)9-10)16(27-26-14)31-11-3-5-12(6-4-11)32-18(22,23)24/h1-9H,(H,25,29). The van der Waals surface area contributed by atoms with E-state index in [1.807, 2.05) is 0 Å². The average molecular weight is 460 g/mol. The third-order valence-electron chi connectivity index (χ3n) is 3.60. The molecular weight excluding hydrogens is 450 g/mol. The van der Waals surface area contributed by atoms with Crippen LogP contribution < -0.4 is 19.5 Å². The highest BCUT2D eigenvalue weighted by atomic mass is 19.4. The molecule has 3 aromatic rings. The number of carbonyl (C=O) groups is 1. The average Bonchev–Trinajstić information content (AvgIpc) is 2.68. The van der Waals surface area contributed by atoms with E-state index in [9.17, 15) is 36.3 Å². The monoisotopic (exact) mass is 460 g/mol. The van der Waals surface area contributed by atoms with E-state index in [2.05, 4.69) is 20.3 Å². The quantitative estimate of drug-likeness (QED) is 0.350.